The largest absolute Gasteiger partial charge is 0.417 e. The third-order valence-electron chi connectivity index (χ3n) is 1.90. The number of benzene rings is 1. The minimum atomic E-state index is -0.978. The van der Waals surface area contributed by atoms with Crippen molar-refractivity contribution in [3.63, 3.8) is 0 Å². The standard InChI is InChI=1S/C10H6F2N4O/c1-16-5-14-10(15-16)17-9-7(11)2-6(4-13)3-8(9)12/h2-3,5H,1H3. The molecule has 1 heterocycles. The number of nitrogens with zero attached hydrogens (tertiary/aromatic N) is 4. The van der Waals surface area contributed by atoms with Crippen LogP contribution in [0.5, 0.6) is 11.8 Å². The first-order valence-electron chi connectivity index (χ1n) is 4.53. The van der Waals surface area contributed by atoms with Crippen LogP contribution >= 0.6 is 0 Å². The number of hydrogen-bond donors (Lipinski definition) is 0. The van der Waals surface area contributed by atoms with Crippen molar-refractivity contribution in [1.29, 1.82) is 5.26 Å². The lowest BCUT2D eigenvalue weighted by Crippen LogP contribution is -1.96. The van der Waals surface area contributed by atoms with Crippen LogP contribution in [0, 0.1) is 23.0 Å². The molecule has 0 saturated carbocycles. The van der Waals surface area contributed by atoms with E-state index in [1.165, 1.54) is 11.0 Å². The summed E-state index contributed by atoms with van der Waals surface area (Å²) < 4.78 is 33.0. The Bertz CT molecular complexity index is 580. The van der Waals surface area contributed by atoms with E-state index in [9.17, 15) is 8.78 Å². The summed E-state index contributed by atoms with van der Waals surface area (Å²) >= 11 is 0. The van der Waals surface area contributed by atoms with E-state index in [0.29, 0.717) is 0 Å². The SMILES string of the molecule is Cn1cnc(Oc2c(F)cc(C#N)cc2F)n1. The Kier molecular flexibility index (Phi) is 2.70. The van der Waals surface area contributed by atoms with E-state index in [-0.39, 0.29) is 11.6 Å². The average molecular weight is 236 g/mol. The second-order valence-electron chi connectivity index (χ2n) is 3.18. The monoisotopic (exact) mass is 236 g/mol. The quantitative estimate of drug-likeness (QED) is 0.796. The predicted octanol–water partition coefficient (Wildman–Crippen LogP) is 1.76. The summed E-state index contributed by atoms with van der Waals surface area (Å²) in [4.78, 5) is 3.67. The number of ether oxygens (including phenoxy) is 1. The van der Waals surface area contributed by atoms with Crippen LogP contribution in [0.2, 0.25) is 0 Å². The van der Waals surface area contributed by atoms with Crippen molar-refractivity contribution in [2.45, 2.75) is 0 Å². The smallest absolute Gasteiger partial charge is 0.341 e. The van der Waals surface area contributed by atoms with Gasteiger partial charge in [-0.2, -0.15) is 10.2 Å². The van der Waals surface area contributed by atoms with E-state index in [1.54, 1.807) is 13.1 Å². The molecule has 0 radical (unpaired) electrons. The first-order chi connectivity index (χ1) is 8.10. The fourth-order valence-electron chi connectivity index (χ4n) is 1.18. The number of aryl methyl sites for hydroxylation is 1. The van der Waals surface area contributed by atoms with E-state index in [0.717, 1.165) is 12.1 Å². The van der Waals surface area contributed by atoms with Crippen molar-refractivity contribution in [2.24, 2.45) is 7.05 Å². The number of hydrogen-bond acceptors (Lipinski definition) is 4. The Morgan fingerprint density at radius 3 is 2.47 bits per heavy atom. The summed E-state index contributed by atoms with van der Waals surface area (Å²) in [5, 5.41) is 12.2. The topological polar surface area (TPSA) is 63.7 Å². The van der Waals surface area contributed by atoms with Gasteiger partial charge in [-0.05, 0) is 12.1 Å². The van der Waals surface area contributed by atoms with Gasteiger partial charge in [0.05, 0.1) is 11.6 Å². The molecule has 0 bridgehead atoms. The molecule has 0 aliphatic heterocycles. The highest BCUT2D eigenvalue weighted by molar-refractivity contribution is 5.38. The lowest BCUT2D eigenvalue weighted by molar-refractivity contribution is 0.381. The van der Waals surface area contributed by atoms with Crippen LogP contribution < -0.4 is 4.74 Å². The van der Waals surface area contributed by atoms with Gasteiger partial charge in [-0.25, -0.2) is 8.78 Å². The fraction of sp³-hybridized carbons (Fsp3) is 0.100. The molecule has 0 aliphatic carbocycles. The van der Waals surface area contributed by atoms with Crippen molar-refractivity contribution in [3.05, 3.63) is 35.7 Å². The lowest BCUT2D eigenvalue weighted by Gasteiger charge is -2.04. The summed E-state index contributed by atoms with van der Waals surface area (Å²) in [5.74, 6) is -2.58. The van der Waals surface area contributed by atoms with Crippen LogP contribution in [0.3, 0.4) is 0 Å². The van der Waals surface area contributed by atoms with Gasteiger partial charge >= 0.3 is 6.01 Å². The number of nitriles is 1. The van der Waals surface area contributed by atoms with E-state index < -0.39 is 17.4 Å². The van der Waals surface area contributed by atoms with Crippen LogP contribution in [0.4, 0.5) is 8.78 Å². The van der Waals surface area contributed by atoms with Crippen LogP contribution in [-0.4, -0.2) is 14.8 Å². The second kappa shape index (κ2) is 4.17. The second-order valence-corrected chi connectivity index (χ2v) is 3.18. The molecule has 0 atom stereocenters. The van der Waals surface area contributed by atoms with Crippen molar-refractivity contribution in [3.8, 4) is 17.8 Å². The molecule has 1 aromatic carbocycles. The molecular formula is C10H6F2N4O. The first-order valence-corrected chi connectivity index (χ1v) is 4.53. The molecule has 2 aromatic rings. The highest BCUT2D eigenvalue weighted by atomic mass is 19.1. The highest BCUT2D eigenvalue weighted by Crippen LogP contribution is 2.26. The van der Waals surface area contributed by atoms with Crippen molar-refractivity contribution >= 4 is 0 Å². The first kappa shape index (κ1) is 11.0. The Balaban J connectivity index is 2.37. The van der Waals surface area contributed by atoms with Gasteiger partial charge in [0, 0.05) is 7.05 Å². The summed E-state index contributed by atoms with van der Waals surface area (Å²) in [6, 6.07) is 3.21. The Morgan fingerprint density at radius 1 is 1.35 bits per heavy atom. The van der Waals surface area contributed by atoms with E-state index in [2.05, 4.69) is 10.1 Å². The summed E-state index contributed by atoms with van der Waals surface area (Å²) in [5.41, 5.74) is -0.124. The maximum absolute atomic E-state index is 13.4. The molecular weight excluding hydrogens is 230 g/mol. The summed E-state index contributed by atoms with van der Waals surface area (Å²) in [7, 11) is 1.59. The normalized spacial score (nSPS) is 10.0. The van der Waals surface area contributed by atoms with Gasteiger partial charge in [-0.3, -0.25) is 4.68 Å². The Morgan fingerprint density at radius 2 is 2.00 bits per heavy atom. The van der Waals surface area contributed by atoms with Gasteiger partial charge in [0.2, 0.25) is 5.75 Å². The molecule has 0 unspecified atom stereocenters. The number of aromatic nitrogens is 3. The molecule has 0 spiro atoms. The molecule has 17 heavy (non-hydrogen) atoms. The minimum absolute atomic E-state index is 0.124. The van der Waals surface area contributed by atoms with Gasteiger partial charge in [0.1, 0.15) is 6.33 Å². The van der Waals surface area contributed by atoms with Crippen LogP contribution in [0.1, 0.15) is 5.56 Å². The molecule has 0 fully saturated rings. The highest BCUT2D eigenvalue weighted by Gasteiger charge is 2.15. The predicted molar refractivity (Wildman–Crippen MR) is 52.2 cm³/mol. The molecule has 1 aromatic heterocycles. The van der Waals surface area contributed by atoms with Crippen molar-refractivity contribution in [1.82, 2.24) is 14.8 Å². The third-order valence-corrected chi connectivity index (χ3v) is 1.90. The fourth-order valence-corrected chi connectivity index (χ4v) is 1.18. The third kappa shape index (κ3) is 2.20. The van der Waals surface area contributed by atoms with Crippen molar-refractivity contribution in [2.75, 3.05) is 0 Å². The molecule has 2 rings (SSSR count). The molecule has 0 N–H and O–H groups in total. The average Bonchev–Trinajstić information content (AvgIpc) is 2.69. The van der Waals surface area contributed by atoms with Gasteiger partial charge in [0.25, 0.3) is 0 Å². The molecule has 0 aliphatic rings. The zero-order valence-corrected chi connectivity index (χ0v) is 8.69. The van der Waals surface area contributed by atoms with E-state index in [1.807, 2.05) is 0 Å². The zero-order chi connectivity index (χ0) is 12.4. The lowest BCUT2D eigenvalue weighted by atomic mass is 10.2. The summed E-state index contributed by atoms with van der Waals surface area (Å²) in [6.45, 7) is 0. The molecule has 86 valence electrons. The maximum atomic E-state index is 13.4. The van der Waals surface area contributed by atoms with E-state index >= 15 is 0 Å². The minimum Gasteiger partial charge on any atom is -0.417 e. The Hall–Kier alpha value is -2.49. The van der Waals surface area contributed by atoms with Gasteiger partial charge in [0.15, 0.2) is 11.6 Å². The summed E-state index contributed by atoms with van der Waals surface area (Å²) in [6.07, 6.45) is 1.33. The molecule has 5 nitrogen and oxygen atoms in total. The Labute approximate surface area is 94.9 Å². The maximum Gasteiger partial charge on any atom is 0.341 e. The van der Waals surface area contributed by atoms with Gasteiger partial charge < -0.3 is 4.74 Å². The van der Waals surface area contributed by atoms with Gasteiger partial charge in [-0.15, -0.1) is 5.10 Å². The van der Waals surface area contributed by atoms with Crippen molar-refractivity contribution < 1.29 is 13.5 Å². The number of halogens is 2. The van der Waals surface area contributed by atoms with Crippen LogP contribution in [-0.2, 0) is 7.05 Å². The van der Waals surface area contributed by atoms with Gasteiger partial charge in [-0.1, -0.05) is 0 Å². The van der Waals surface area contributed by atoms with Crippen LogP contribution in [0.15, 0.2) is 18.5 Å². The molecule has 7 heteroatoms. The van der Waals surface area contributed by atoms with Crippen LogP contribution in [0.25, 0.3) is 0 Å². The van der Waals surface area contributed by atoms with E-state index in [4.69, 9.17) is 10.00 Å². The number of rotatable bonds is 2. The zero-order valence-electron chi connectivity index (χ0n) is 8.69. The molecule has 0 amide bonds. The molecule has 0 saturated heterocycles.